The lowest BCUT2D eigenvalue weighted by atomic mass is 10.3. The molecule has 2 rings (SSSR count). The van der Waals surface area contributed by atoms with Gasteiger partial charge in [0.1, 0.15) is 0 Å². The van der Waals surface area contributed by atoms with Gasteiger partial charge in [0.05, 0.1) is 5.02 Å². The first kappa shape index (κ1) is 10.3. The van der Waals surface area contributed by atoms with Gasteiger partial charge in [-0.15, -0.1) is 0 Å². The summed E-state index contributed by atoms with van der Waals surface area (Å²) in [6.07, 6.45) is 5.83. The maximum absolute atomic E-state index is 5.89. The van der Waals surface area contributed by atoms with Crippen molar-refractivity contribution in [3.8, 4) is 0 Å². The highest BCUT2D eigenvalue weighted by atomic mass is 35.5. The molecule has 15 heavy (non-hydrogen) atoms. The predicted molar refractivity (Wildman–Crippen MR) is 61.8 cm³/mol. The molecule has 0 saturated carbocycles. The number of aryl methyl sites for hydroxylation is 1. The molecule has 3 nitrogen and oxygen atoms in total. The summed E-state index contributed by atoms with van der Waals surface area (Å²) >= 11 is 5.89. The van der Waals surface area contributed by atoms with E-state index in [0.717, 1.165) is 18.1 Å². The third-order valence-corrected chi connectivity index (χ3v) is 2.58. The molecule has 0 bridgehead atoms. The average Bonchev–Trinajstić information content (AvgIpc) is 2.77. The van der Waals surface area contributed by atoms with Crippen molar-refractivity contribution in [3.05, 3.63) is 47.0 Å². The first-order valence-corrected chi connectivity index (χ1v) is 5.26. The smallest absolute Gasteiger partial charge is 0.0585 e. The Hall–Kier alpha value is -1.19. The van der Waals surface area contributed by atoms with E-state index in [2.05, 4.69) is 16.4 Å². The van der Waals surface area contributed by atoms with E-state index < -0.39 is 0 Å². The van der Waals surface area contributed by atoms with Crippen molar-refractivity contribution in [3.63, 3.8) is 0 Å². The normalized spacial score (nSPS) is 10.8. The Kier molecular flexibility index (Phi) is 3.14. The zero-order valence-electron chi connectivity index (χ0n) is 8.63. The van der Waals surface area contributed by atoms with Crippen LogP contribution in [0.4, 0.5) is 0 Å². The summed E-state index contributed by atoms with van der Waals surface area (Å²) in [5.41, 5.74) is 2.45. The van der Waals surface area contributed by atoms with Crippen molar-refractivity contribution in [2.45, 2.75) is 13.1 Å². The number of nitrogens with one attached hydrogen (secondary N) is 2. The molecule has 0 radical (unpaired) electrons. The number of aromatic amines is 1. The zero-order chi connectivity index (χ0) is 10.7. The van der Waals surface area contributed by atoms with Gasteiger partial charge in [-0.2, -0.15) is 0 Å². The van der Waals surface area contributed by atoms with E-state index in [9.17, 15) is 0 Å². The zero-order valence-corrected chi connectivity index (χ0v) is 9.38. The number of hydrogen-bond acceptors (Lipinski definition) is 1. The van der Waals surface area contributed by atoms with Crippen LogP contribution in [-0.4, -0.2) is 9.55 Å². The minimum Gasteiger partial charge on any atom is -0.367 e. The largest absolute Gasteiger partial charge is 0.367 e. The van der Waals surface area contributed by atoms with Crippen LogP contribution in [0.1, 0.15) is 11.3 Å². The number of H-pyrrole nitrogens is 1. The molecule has 2 aromatic rings. The summed E-state index contributed by atoms with van der Waals surface area (Å²) in [6, 6.07) is 4.04. The van der Waals surface area contributed by atoms with E-state index in [1.54, 1.807) is 0 Å². The Morgan fingerprint density at radius 2 is 2.33 bits per heavy atom. The molecule has 0 saturated heterocycles. The summed E-state index contributed by atoms with van der Waals surface area (Å²) < 4.78 is 2.03. The van der Waals surface area contributed by atoms with Crippen LogP contribution in [0, 0.1) is 0 Å². The lowest BCUT2D eigenvalue weighted by Gasteiger charge is -2.04. The molecule has 0 amide bonds. The molecule has 0 aliphatic heterocycles. The van der Waals surface area contributed by atoms with E-state index in [1.165, 1.54) is 11.3 Å². The molecule has 0 atom stereocenters. The topological polar surface area (TPSA) is 32.8 Å². The Morgan fingerprint density at radius 1 is 1.47 bits per heavy atom. The first-order chi connectivity index (χ1) is 7.25. The number of aromatic nitrogens is 2. The second-order valence-electron chi connectivity index (χ2n) is 3.58. The molecule has 0 aromatic carbocycles. The van der Waals surface area contributed by atoms with E-state index in [4.69, 9.17) is 11.6 Å². The molecule has 0 fully saturated rings. The SMILES string of the molecule is Cn1cc(Cl)cc1CNCc1cc[nH]c1. The molecule has 0 unspecified atom stereocenters. The summed E-state index contributed by atoms with van der Waals surface area (Å²) in [7, 11) is 2.00. The Labute approximate surface area is 94.1 Å². The Morgan fingerprint density at radius 3 is 2.93 bits per heavy atom. The van der Waals surface area contributed by atoms with Crippen LogP contribution in [-0.2, 0) is 20.1 Å². The molecular formula is C11H14ClN3. The summed E-state index contributed by atoms with van der Waals surface area (Å²) in [5.74, 6) is 0. The summed E-state index contributed by atoms with van der Waals surface area (Å²) in [5, 5.41) is 4.15. The van der Waals surface area contributed by atoms with Gasteiger partial charge in [0.25, 0.3) is 0 Å². The monoisotopic (exact) mass is 223 g/mol. The lowest BCUT2D eigenvalue weighted by molar-refractivity contribution is 0.655. The predicted octanol–water partition coefficient (Wildman–Crippen LogP) is 2.30. The number of hydrogen-bond donors (Lipinski definition) is 2. The van der Waals surface area contributed by atoms with Crippen LogP contribution in [0.15, 0.2) is 30.7 Å². The standard InChI is InChI=1S/C11H14ClN3/c1-15-8-10(12)4-11(15)7-14-6-9-2-3-13-5-9/h2-5,8,13-14H,6-7H2,1H3. The van der Waals surface area contributed by atoms with Crippen molar-refractivity contribution in [1.82, 2.24) is 14.9 Å². The Bertz CT molecular complexity index is 417. The minimum absolute atomic E-state index is 0.788. The van der Waals surface area contributed by atoms with Crippen LogP contribution in [0.2, 0.25) is 5.02 Å². The quantitative estimate of drug-likeness (QED) is 0.819. The fourth-order valence-corrected chi connectivity index (χ4v) is 1.82. The van der Waals surface area contributed by atoms with Crippen LogP contribution in [0.5, 0.6) is 0 Å². The molecule has 80 valence electrons. The van der Waals surface area contributed by atoms with Crippen molar-refractivity contribution < 1.29 is 0 Å². The van der Waals surface area contributed by atoms with Gasteiger partial charge < -0.3 is 14.9 Å². The molecule has 4 heteroatoms. The van der Waals surface area contributed by atoms with Gasteiger partial charge in [-0.05, 0) is 17.7 Å². The summed E-state index contributed by atoms with van der Waals surface area (Å²) in [6.45, 7) is 1.70. The van der Waals surface area contributed by atoms with Crippen LogP contribution in [0.25, 0.3) is 0 Å². The summed E-state index contributed by atoms with van der Waals surface area (Å²) in [4.78, 5) is 3.03. The molecule has 2 heterocycles. The second-order valence-corrected chi connectivity index (χ2v) is 4.02. The van der Waals surface area contributed by atoms with Crippen molar-refractivity contribution in [1.29, 1.82) is 0 Å². The van der Waals surface area contributed by atoms with Gasteiger partial charge in [0.15, 0.2) is 0 Å². The van der Waals surface area contributed by atoms with Gasteiger partial charge in [0, 0.05) is 44.4 Å². The first-order valence-electron chi connectivity index (χ1n) is 4.89. The second kappa shape index (κ2) is 4.55. The Balaban J connectivity index is 1.86. The molecule has 2 N–H and O–H groups in total. The van der Waals surface area contributed by atoms with Gasteiger partial charge >= 0.3 is 0 Å². The molecule has 0 aliphatic carbocycles. The van der Waals surface area contributed by atoms with Gasteiger partial charge in [-0.25, -0.2) is 0 Å². The molecule has 0 spiro atoms. The van der Waals surface area contributed by atoms with Crippen LogP contribution in [0.3, 0.4) is 0 Å². The molecular weight excluding hydrogens is 210 g/mol. The average molecular weight is 224 g/mol. The number of halogens is 1. The van der Waals surface area contributed by atoms with E-state index in [0.29, 0.717) is 0 Å². The minimum atomic E-state index is 0.788. The molecule has 0 aliphatic rings. The van der Waals surface area contributed by atoms with Crippen molar-refractivity contribution in [2.75, 3.05) is 0 Å². The fraction of sp³-hybridized carbons (Fsp3) is 0.273. The van der Waals surface area contributed by atoms with E-state index in [1.807, 2.05) is 36.3 Å². The van der Waals surface area contributed by atoms with Gasteiger partial charge in [-0.3, -0.25) is 0 Å². The van der Waals surface area contributed by atoms with Gasteiger partial charge in [-0.1, -0.05) is 11.6 Å². The number of nitrogens with zero attached hydrogens (tertiary/aromatic N) is 1. The van der Waals surface area contributed by atoms with Crippen molar-refractivity contribution in [2.24, 2.45) is 7.05 Å². The maximum Gasteiger partial charge on any atom is 0.0585 e. The highest BCUT2D eigenvalue weighted by molar-refractivity contribution is 6.30. The fourth-order valence-electron chi connectivity index (χ4n) is 1.55. The highest BCUT2D eigenvalue weighted by Crippen LogP contribution is 2.12. The highest BCUT2D eigenvalue weighted by Gasteiger charge is 2.00. The third kappa shape index (κ3) is 2.64. The van der Waals surface area contributed by atoms with E-state index >= 15 is 0 Å². The van der Waals surface area contributed by atoms with Crippen molar-refractivity contribution >= 4 is 11.6 Å². The molecule has 2 aromatic heterocycles. The number of rotatable bonds is 4. The van der Waals surface area contributed by atoms with Crippen LogP contribution < -0.4 is 5.32 Å². The lowest BCUT2D eigenvalue weighted by Crippen LogP contribution is -2.14. The van der Waals surface area contributed by atoms with E-state index in [-0.39, 0.29) is 0 Å². The van der Waals surface area contributed by atoms with Gasteiger partial charge in [0.2, 0.25) is 0 Å². The third-order valence-electron chi connectivity index (χ3n) is 2.37. The maximum atomic E-state index is 5.89. The van der Waals surface area contributed by atoms with Crippen LogP contribution >= 0.6 is 11.6 Å².